The predicted molar refractivity (Wildman–Crippen MR) is 109 cm³/mol. The number of rotatable bonds is 6. The first kappa shape index (κ1) is 20.6. The summed E-state index contributed by atoms with van der Waals surface area (Å²) < 4.78 is 33.8. The molecule has 0 bridgehead atoms. The Morgan fingerprint density at radius 2 is 2.14 bits per heavy atom. The average molecular weight is 433 g/mol. The van der Waals surface area contributed by atoms with Crippen LogP contribution in [-0.4, -0.2) is 43.7 Å². The summed E-state index contributed by atoms with van der Waals surface area (Å²) in [7, 11) is -3.82. The van der Waals surface area contributed by atoms with Gasteiger partial charge in [-0.25, -0.2) is 5.01 Å². The van der Waals surface area contributed by atoms with Crippen molar-refractivity contribution in [2.45, 2.75) is 18.2 Å². The average Bonchev–Trinajstić information content (AvgIpc) is 2.97. The smallest absolute Gasteiger partial charge is 0.285 e. The van der Waals surface area contributed by atoms with Crippen molar-refractivity contribution < 1.29 is 18.3 Å². The van der Waals surface area contributed by atoms with Gasteiger partial charge >= 0.3 is 0 Å². The molecule has 29 heavy (non-hydrogen) atoms. The van der Waals surface area contributed by atoms with Gasteiger partial charge in [-0.15, -0.1) is 4.40 Å². The molecule has 0 atom stereocenters. The number of ether oxygens (including phenoxy) is 1. The molecule has 0 amide bonds. The summed E-state index contributed by atoms with van der Waals surface area (Å²) in [6.45, 7) is 2.25. The van der Waals surface area contributed by atoms with Crippen molar-refractivity contribution >= 4 is 33.7 Å². The molecule has 150 valence electrons. The van der Waals surface area contributed by atoms with Crippen LogP contribution in [0.3, 0.4) is 0 Å². The predicted octanol–water partition coefficient (Wildman–Crippen LogP) is 3.14. The van der Waals surface area contributed by atoms with Crippen LogP contribution in [0.5, 0.6) is 11.5 Å². The molecule has 0 fully saturated rings. The van der Waals surface area contributed by atoms with E-state index in [0.29, 0.717) is 17.7 Å². The van der Waals surface area contributed by atoms with E-state index in [2.05, 4.69) is 9.50 Å². The number of nitriles is 1. The van der Waals surface area contributed by atoms with Gasteiger partial charge in [-0.1, -0.05) is 23.7 Å². The maximum atomic E-state index is 12.3. The lowest BCUT2D eigenvalue weighted by Gasteiger charge is -2.17. The van der Waals surface area contributed by atoms with Gasteiger partial charge in [0.25, 0.3) is 10.0 Å². The van der Waals surface area contributed by atoms with Gasteiger partial charge in [0.15, 0.2) is 17.3 Å². The summed E-state index contributed by atoms with van der Waals surface area (Å²) in [4.78, 5) is 0.0958. The molecule has 0 saturated carbocycles. The van der Waals surface area contributed by atoms with Crippen molar-refractivity contribution in [3.05, 3.63) is 52.5 Å². The van der Waals surface area contributed by atoms with Crippen LogP contribution in [0.15, 0.2) is 50.8 Å². The molecular weight excluding hydrogens is 416 g/mol. The van der Waals surface area contributed by atoms with E-state index in [1.807, 2.05) is 6.07 Å². The highest BCUT2D eigenvalue weighted by molar-refractivity contribution is 7.90. The molecule has 2 aromatic carbocycles. The highest BCUT2D eigenvalue weighted by Crippen LogP contribution is 2.35. The molecule has 1 aliphatic heterocycles. The minimum atomic E-state index is -3.82. The van der Waals surface area contributed by atoms with Crippen LogP contribution < -0.4 is 4.74 Å². The number of phenolic OH excluding ortho intramolecular Hbond substituents is 1. The molecular formula is C19H17ClN4O4S. The third-order valence-electron chi connectivity index (χ3n) is 3.99. The topological polar surface area (TPSA) is 115 Å². The molecule has 3 rings (SSSR count). The lowest BCUT2D eigenvalue weighted by atomic mass is 10.2. The minimum Gasteiger partial charge on any atom is -0.503 e. The minimum absolute atomic E-state index is 0.0899. The zero-order chi connectivity index (χ0) is 21.0. The van der Waals surface area contributed by atoms with Gasteiger partial charge in [-0.05, 0) is 36.8 Å². The Morgan fingerprint density at radius 3 is 2.86 bits per heavy atom. The summed E-state index contributed by atoms with van der Waals surface area (Å²) in [6, 6.07) is 11.5. The maximum absolute atomic E-state index is 12.3. The van der Waals surface area contributed by atoms with Crippen LogP contribution in [0.4, 0.5) is 0 Å². The first-order chi connectivity index (χ1) is 13.9. The zero-order valence-corrected chi connectivity index (χ0v) is 17.0. The number of phenols is 1. The van der Waals surface area contributed by atoms with Gasteiger partial charge in [0.1, 0.15) is 4.90 Å². The number of hydrazone groups is 1. The number of benzene rings is 2. The quantitative estimate of drug-likeness (QED) is 0.553. The molecule has 1 heterocycles. The Kier molecular flexibility index (Phi) is 6.06. The Hall–Kier alpha value is -3.09. The standard InChI is InChI=1S/C19H17ClN4O4S/c1-2-28-16-11-13(10-15(20)18(16)25)12-22-24(9-5-8-21)19-14-6-3-4-7-17(14)29(26,27)23-19/h3-4,6-7,10-12,25H,2,5,9H2,1H3/b22-12+. The van der Waals surface area contributed by atoms with E-state index in [9.17, 15) is 13.5 Å². The Bertz CT molecular complexity index is 1140. The summed E-state index contributed by atoms with van der Waals surface area (Å²) in [5, 5.41) is 24.7. The van der Waals surface area contributed by atoms with Crippen LogP contribution >= 0.6 is 11.6 Å². The second-order valence-corrected chi connectivity index (χ2v) is 7.92. The number of hydrogen-bond donors (Lipinski definition) is 1. The van der Waals surface area contributed by atoms with Crippen LogP contribution in [0.25, 0.3) is 0 Å². The Balaban J connectivity index is 1.99. The van der Waals surface area contributed by atoms with Gasteiger partial charge in [-0.3, -0.25) is 0 Å². The third-order valence-corrected chi connectivity index (χ3v) is 5.60. The number of aromatic hydroxyl groups is 1. The molecule has 2 aromatic rings. The number of hydrogen-bond acceptors (Lipinski definition) is 7. The van der Waals surface area contributed by atoms with E-state index in [4.69, 9.17) is 21.6 Å². The van der Waals surface area contributed by atoms with Gasteiger partial charge < -0.3 is 9.84 Å². The first-order valence-corrected chi connectivity index (χ1v) is 10.5. The SMILES string of the molecule is CCOc1cc(/C=N/N(CCC#N)C2=NS(=O)(=O)c3ccccc32)cc(Cl)c1O. The van der Waals surface area contributed by atoms with Crippen molar-refractivity contribution in [1.29, 1.82) is 5.26 Å². The van der Waals surface area contributed by atoms with E-state index >= 15 is 0 Å². The van der Waals surface area contributed by atoms with Gasteiger partial charge in [-0.2, -0.15) is 18.8 Å². The number of amidine groups is 1. The van der Waals surface area contributed by atoms with Crippen molar-refractivity contribution in [2.24, 2.45) is 9.50 Å². The summed E-state index contributed by atoms with van der Waals surface area (Å²) in [5.41, 5.74) is 0.939. The van der Waals surface area contributed by atoms with Gasteiger partial charge in [0, 0.05) is 5.56 Å². The molecule has 1 N–H and O–H groups in total. The normalized spacial score (nSPS) is 14.3. The largest absolute Gasteiger partial charge is 0.503 e. The van der Waals surface area contributed by atoms with Crippen molar-refractivity contribution in [3.63, 3.8) is 0 Å². The van der Waals surface area contributed by atoms with E-state index in [-0.39, 0.29) is 40.2 Å². The van der Waals surface area contributed by atoms with Crippen LogP contribution in [0.1, 0.15) is 24.5 Å². The number of halogens is 1. The van der Waals surface area contributed by atoms with Gasteiger partial charge in [0.05, 0.1) is 36.9 Å². The monoisotopic (exact) mass is 432 g/mol. The molecule has 0 aromatic heterocycles. The van der Waals surface area contributed by atoms with E-state index in [0.717, 1.165) is 0 Å². The zero-order valence-electron chi connectivity index (χ0n) is 15.4. The van der Waals surface area contributed by atoms with Crippen LogP contribution in [-0.2, 0) is 10.0 Å². The van der Waals surface area contributed by atoms with E-state index < -0.39 is 10.0 Å². The Labute approximate surface area is 173 Å². The fourth-order valence-electron chi connectivity index (χ4n) is 2.72. The maximum Gasteiger partial charge on any atom is 0.285 e. The third kappa shape index (κ3) is 4.34. The Morgan fingerprint density at radius 1 is 1.38 bits per heavy atom. The summed E-state index contributed by atoms with van der Waals surface area (Å²) in [6.07, 6.45) is 1.54. The summed E-state index contributed by atoms with van der Waals surface area (Å²) >= 11 is 6.03. The highest BCUT2D eigenvalue weighted by Gasteiger charge is 2.31. The molecule has 0 spiro atoms. The molecule has 8 nitrogen and oxygen atoms in total. The van der Waals surface area contributed by atoms with Crippen molar-refractivity contribution in [3.8, 4) is 17.6 Å². The van der Waals surface area contributed by atoms with E-state index in [1.54, 1.807) is 31.2 Å². The number of nitrogens with zero attached hydrogens (tertiary/aromatic N) is 4. The van der Waals surface area contributed by atoms with Crippen LogP contribution in [0, 0.1) is 11.3 Å². The molecule has 0 unspecified atom stereocenters. The highest BCUT2D eigenvalue weighted by atomic mass is 35.5. The molecule has 0 aliphatic carbocycles. The summed E-state index contributed by atoms with van der Waals surface area (Å²) in [5.74, 6) is 0.172. The van der Waals surface area contributed by atoms with Crippen LogP contribution in [0.2, 0.25) is 5.02 Å². The lowest BCUT2D eigenvalue weighted by molar-refractivity contribution is 0.318. The number of fused-ring (bicyclic) bond motifs is 1. The molecule has 0 saturated heterocycles. The van der Waals surface area contributed by atoms with E-state index in [1.165, 1.54) is 23.4 Å². The lowest BCUT2D eigenvalue weighted by Crippen LogP contribution is -2.27. The molecule has 0 radical (unpaired) electrons. The van der Waals surface area contributed by atoms with Gasteiger partial charge in [0.2, 0.25) is 0 Å². The first-order valence-electron chi connectivity index (χ1n) is 8.65. The van der Waals surface area contributed by atoms with Crippen molar-refractivity contribution in [2.75, 3.05) is 13.2 Å². The fraction of sp³-hybridized carbons (Fsp3) is 0.211. The fourth-order valence-corrected chi connectivity index (χ4v) is 4.14. The second-order valence-electron chi connectivity index (χ2n) is 5.94. The molecule has 10 heteroatoms. The second kappa shape index (κ2) is 8.51. The molecule has 1 aliphatic rings. The van der Waals surface area contributed by atoms with Crippen molar-refractivity contribution in [1.82, 2.24) is 5.01 Å². The number of sulfonamides is 1.